The number of aromatic nitrogens is 2. The van der Waals surface area contributed by atoms with Crippen LogP contribution in [0.2, 0.25) is 0 Å². The van der Waals surface area contributed by atoms with Gasteiger partial charge in [0.05, 0.1) is 18.7 Å². The van der Waals surface area contributed by atoms with E-state index < -0.39 is 0 Å². The SMILES string of the molecule is CCn1cc(CN(Cc2ccoc2)CC(C)C)cn1. The van der Waals surface area contributed by atoms with Crippen LogP contribution in [-0.4, -0.2) is 21.2 Å². The van der Waals surface area contributed by atoms with Gasteiger partial charge in [0.25, 0.3) is 0 Å². The van der Waals surface area contributed by atoms with Crippen LogP contribution >= 0.6 is 0 Å². The first kappa shape index (κ1) is 13.9. The van der Waals surface area contributed by atoms with Crippen molar-refractivity contribution >= 4 is 0 Å². The molecule has 0 radical (unpaired) electrons. The Morgan fingerprint density at radius 2 is 2.11 bits per heavy atom. The van der Waals surface area contributed by atoms with E-state index in [0.717, 1.165) is 26.2 Å². The summed E-state index contributed by atoms with van der Waals surface area (Å²) in [5, 5.41) is 4.34. The molecule has 0 amide bonds. The van der Waals surface area contributed by atoms with Crippen LogP contribution in [0.5, 0.6) is 0 Å². The lowest BCUT2D eigenvalue weighted by Gasteiger charge is -2.23. The first-order valence-corrected chi connectivity index (χ1v) is 6.92. The second-order valence-corrected chi connectivity index (χ2v) is 5.40. The van der Waals surface area contributed by atoms with E-state index in [1.54, 1.807) is 6.26 Å². The number of rotatable bonds is 7. The van der Waals surface area contributed by atoms with Crippen LogP contribution < -0.4 is 0 Å². The van der Waals surface area contributed by atoms with E-state index in [1.165, 1.54) is 11.1 Å². The molecule has 0 aromatic carbocycles. The van der Waals surface area contributed by atoms with E-state index in [9.17, 15) is 0 Å². The van der Waals surface area contributed by atoms with Gasteiger partial charge < -0.3 is 4.42 Å². The molecule has 2 rings (SSSR count). The van der Waals surface area contributed by atoms with Gasteiger partial charge in [-0.15, -0.1) is 0 Å². The monoisotopic (exact) mass is 261 g/mol. The summed E-state index contributed by atoms with van der Waals surface area (Å²) >= 11 is 0. The van der Waals surface area contributed by atoms with Crippen LogP contribution in [0.15, 0.2) is 35.4 Å². The highest BCUT2D eigenvalue weighted by Crippen LogP contribution is 2.12. The molecule has 0 N–H and O–H groups in total. The summed E-state index contributed by atoms with van der Waals surface area (Å²) in [6.07, 6.45) is 7.65. The maximum absolute atomic E-state index is 5.15. The predicted molar refractivity (Wildman–Crippen MR) is 75.6 cm³/mol. The summed E-state index contributed by atoms with van der Waals surface area (Å²) in [6.45, 7) is 10.5. The van der Waals surface area contributed by atoms with Crippen molar-refractivity contribution in [3.05, 3.63) is 42.1 Å². The smallest absolute Gasteiger partial charge is 0.0947 e. The molecule has 19 heavy (non-hydrogen) atoms. The molecule has 2 aromatic rings. The molecule has 2 heterocycles. The highest BCUT2D eigenvalue weighted by atomic mass is 16.3. The van der Waals surface area contributed by atoms with Crippen molar-refractivity contribution in [2.24, 2.45) is 5.92 Å². The molecule has 104 valence electrons. The predicted octanol–water partition coefficient (Wildman–Crippen LogP) is 3.15. The van der Waals surface area contributed by atoms with E-state index >= 15 is 0 Å². The van der Waals surface area contributed by atoms with Crippen molar-refractivity contribution in [1.29, 1.82) is 0 Å². The zero-order valence-corrected chi connectivity index (χ0v) is 12.0. The third-order valence-electron chi connectivity index (χ3n) is 3.03. The molecule has 0 bridgehead atoms. The lowest BCUT2D eigenvalue weighted by Crippen LogP contribution is -2.26. The van der Waals surface area contributed by atoms with Crippen molar-refractivity contribution in [3.8, 4) is 0 Å². The Hall–Kier alpha value is -1.55. The van der Waals surface area contributed by atoms with Gasteiger partial charge in [0.2, 0.25) is 0 Å². The summed E-state index contributed by atoms with van der Waals surface area (Å²) in [4.78, 5) is 2.44. The Bertz CT molecular complexity index is 473. The molecular formula is C15H23N3O. The minimum absolute atomic E-state index is 0.646. The maximum atomic E-state index is 5.15. The van der Waals surface area contributed by atoms with Gasteiger partial charge in [-0.3, -0.25) is 9.58 Å². The second-order valence-electron chi connectivity index (χ2n) is 5.40. The van der Waals surface area contributed by atoms with Gasteiger partial charge in [-0.2, -0.15) is 5.10 Å². The largest absolute Gasteiger partial charge is 0.472 e. The molecule has 4 heteroatoms. The molecule has 0 fully saturated rings. The Balaban J connectivity index is 2.00. The molecule has 0 aliphatic heterocycles. The molecule has 0 saturated carbocycles. The van der Waals surface area contributed by atoms with Crippen molar-refractivity contribution < 1.29 is 4.42 Å². The fourth-order valence-corrected chi connectivity index (χ4v) is 2.26. The van der Waals surface area contributed by atoms with Crippen molar-refractivity contribution in [2.45, 2.75) is 40.4 Å². The third kappa shape index (κ3) is 4.24. The van der Waals surface area contributed by atoms with Crippen molar-refractivity contribution in [1.82, 2.24) is 14.7 Å². The van der Waals surface area contributed by atoms with Crippen LogP contribution in [-0.2, 0) is 19.6 Å². The Morgan fingerprint density at radius 3 is 2.68 bits per heavy atom. The van der Waals surface area contributed by atoms with E-state index in [4.69, 9.17) is 4.42 Å². The first-order chi connectivity index (χ1) is 9.17. The Morgan fingerprint density at radius 1 is 1.32 bits per heavy atom. The zero-order valence-electron chi connectivity index (χ0n) is 12.0. The molecule has 0 saturated heterocycles. The van der Waals surface area contributed by atoms with Gasteiger partial charge in [0.15, 0.2) is 0 Å². The molecule has 2 aromatic heterocycles. The van der Waals surface area contributed by atoms with Crippen LogP contribution in [0.4, 0.5) is 0 Å². The van der Waals surface area contributed by atoms with E-state index in [-0.39, 0.29) is 0 Å². The number of aryl methyl sites for hydroxylation is 1. The molecular weight excluding hydrogens is 238 g/mol. The van der Waals surface area contributed by atoms with Gasteiger partial charge in [0.1, 0.15) is 0 Å². The minimum atomic E-state index is 0.646. The number of furan rings is 1. The summed E-state index contributed by atoms with van der Waals surface area (Å²) in [5.74, 6) is 0.646. The minimum Gasteiger partial charge on any atom is -0.472 e. The highest BCUT2D eigenvalue weighted by Gasteiger charge is 2.11. The van der Waals surface area contributed by atoms with Gasteiger partial charge in [0, 0.05) is 43.5 Å². The normalized spacial score (nSPS) is 11.6. The number of hydrogen-bond acceptors (Lipinski definition) is 3. The molecule has 0 spiro atoms. The lowest BCUT2D eigenvalue weighted by atomic mass is 10.2. The molecule has 0 atom stereocenters. The fraction of sp³-hybridized carbons (Fsp3) is 0.533. The van der Waals surface area contributed by atoms with Gasteiger partial charge in [-0.05, 0) is 18.9 Å². The average Bonchev–Trinajstić information content (AvgIpc) is 2.99. The van der Waals surface area contributed by atoms with E-state index in [0.29, 0.717) is 5.92 Å². The summed E-state index contributed by atoms with van der Waals surface area (Å²) in [7, 11) is 0. The summed E-state index contributed by atoms with van der Waals surface area (Å²) in [5.41, 5.74) is 2.49. The molecule has 0 aliphatic carbocycles. The van der Waals surface area contributed by atoms with Crippen LogP contribution in [0, 0.1) is 5.92 Å². The molecule has 0 unspecified atom stereocenters. The molecule has 4 nitrogen and oxygen atoms in total. The zero-order chi connectivity index (χ0) is 13.7. The van der Waals surface area contributed by atoms with E-state index in [2.05, 4.69) is 37.0 Å². The summed E-state index contributed by atoms with van der Waals surface area (Å²) in [6, 6.07) is 2.03. The first-order valence-electron chi connectivity index (χ1n) is 6.92. The summed E-state index contributed by atoms with van der Waals surface area (Å²) < 4.78 is 7.12. The number of hydrogen-bond donors (Lipinski definition) is 0. The van der Waals surface area contributed by atoms with Crippen molar-refractivity contribution in [2.75, 3.05) is 6.54 Å². The third-order valence-corrected chi connectivity index (χ3v) is 3.03. The Kier molecular flexibility index (Phi) is 4.80. The fourth-order valence-electron chi connectivity index (χ4n) is 2.26. The van der Waals surface area contributed by atoms with Crippen LogP contribution in [0.3, 0.4) is 0 Å². The van der Waals surface area contributed by atoms with Gasteiger partial charge in [-0.25, -0.2) is 0 Å². The number of nitrogens with zero attached hydrogens (tertiary/aromatic N) is 3. The van der Waals surface area contributed by atoms with Crippen LogP contribution in [0.25, 0.3) is 0 Å². The van der Waals surface area contributed by atoms with Crippen LogP contribution in [0.1, 0.15) is 31.9 Å². The lowest BCUT2D eigenvalue weighted by molar-refractivity contribution is 0.227. The van der Waals surface area contributed by atoms with E-state index in [1.807, 2.05) is 23.2 Å². The standard InChI is InChI=1S/C15H23N3O/c1-4-18-11-15(7-16-18)10-17(8-13(2)3)9-14-5-6-19-12-14/h5-7,11-13H,4,8-10H2,1-3H3. The second kappa shape index (κ2) is 6.57. The quantitative estimate of drug-likeness (QED) is 0.768. The maximum Gasteiger partial charge on any atom is 0.0947 e. The van der Waals surface area contributed by atoms with Crippen molar-refractivity contribution in [3.63, 3.8) is 0 Å². The van der Waals surface area contributed by atoms with Gasteiger partial charge in [-0.1, -0.05) is 13.8 Å². The Labute approximate surface area is 115 Å². The van der Waals surface area contributed by atoms with Gasteiger partial charge >= 0.3 is 0 Å². The highest BCUT2D eigenvalue weighted by molar-refractivity contribution is 5.07. The average molecular weight is 261 g/mol. The topological polar surface area (TPSA) is 34.2 Å². The molecule has 0 aliphatic rings.